The highest BCUT2D eigenvalue weighted by Gasteiger charge is 2.27. The Hall–Kier alpha value is -1.55. The summed E-state index contributed by atoms with van der Waals surface area (Å²) in [7, 11) is 2.05. The van der Waals surface area contributed by atoms with E-state index in [1.165, 1.54) is 5.56 Å². The van der Waals surface area contributed by atoms with E-state index in [0.29, 0.717) is 25.7 Å². The van der Waals surface area contributed by atoms with Crippen molar-refractivity contribution in [1.29, 1.82) is 0 Å². The van der Waals surface area contributed by atoms with Gasteiger partial charge in [-0.25, -0.2) is 0 Å². The SMILES string of the molecule is CCOc1ccc(CN(C)CN2C(=O)CC[C@@H]2C)cc1. The summed E-state index contributed by atoms with van der Waals surface area (Å²) < 4.78 is 5.44. The number of likely N-dealkylation sites (tertiary alicyclic amines) is 1. The zero-order chi connectivity index (χ0) is 14.5. The summed E-state index contributed by atoms with van der Waals surface area (Å²) in [5, 5.41) is 0. The van der Waals surface area contributed by atoms with Crippen LogP contribution in [0.4, 0.5) is 0 Å². The molecule has 1 fully saturated rings. The molecule has 2 rings (SSSR count). The maximum Gasteiger partial charge on any atom is 0.223 e. The van der Waals surface area contributed by atoms with Crippen molar-refractivity contribution in [1.82, 2.24) is 9.80 Å². The van der Waals surface area contributed by atoms with E-state index in [9.17, 15) is 4.79 Å². The molecule has 4 nitrogen and oxygen atoms in total. The summed E-state index contributed by atoms with van der Waals surface area (Å²) in [6, 6.07) is 8.52. The van der Waals surface area contributed by atoms with Crippen LogP contribution in [-0.4, -0.2) is 42.1 Å². The Balaban J connectivity index is 1.87. The average Bonchev–Trinajstić information content (AvgIpc) is 2.73. The monoisotopic (exact) mass is 276 g/mol. The predicted octanol–water partition coefficient (Wildman–Crippen LogP) is 2.49. The Morgan fingerprint density at radius 1 is 1.35 bits per heavy atom. The maximum absolute atomic E-state index is 11.8. The lowest BCUT2D eigenvalue weighted by atomic mass is 10.2. The second-order valence-electron chi connectivity index (χ2n) is 5.48. The van der Waals surface area contributed by atoms with Crippen LogP contribution in [0.25, 0.3) is 0 Å². The molecular weight excluding hydrogens is 252 g/mol. The zero-order valence-corrected chi connectivity index (χ0v) is 12.6. The first-order chi connectivity index (χ1) is 9.60. The predicted molar refractivity (Wildman–Crippen MR) is 79.5 cm³/mol. The van der Waals surface area contributed by atoms with Crippen molar-refractivity contribution in [3.63, 3.8) is 0 Å². The minimum Gasteiger partial charge on any atom is -0.494 e. The topological polar surface area (TPSA) is 32.8 Å². The Labute approximate surface area is 121 Å². The first-order valence-corrected chi connectivity index (χ1v) is 7.30. The number of rotatable bonds is 6. The van der Waals surface area contributed by atoms with Crippen molar-refractivity contribution < 1.29 is 9.53 Å². The van der Waals surface area contributed by atoms with Gasteiger partial charge in [0.15, 0.2) is 0 Å². The van der Waals surface area contributed by atoms with Gasteiger partial charge in [0.25, 0.3) is 0 Å². The quantitative estimate of drug-likeness (QED) is 0.800. The van der Waals surface area contributed by atoms with Gasteiger partial charge >= 0.3 is 0 Å². The molecule has 0 radical (unpaired) electrons. The van der Waals surface area contributed by atoms with E-state index in [2.05, 4.69) is 31.0 Å². The van der Waals surface area contributed by atoms with Crippen molar-refractivity contribution in [2.24, 2.45) is 0 Å². The third-order valence-corrected chi connectivity index (χ3v) is 3.71. The minimum absolute atomic E-state index is 0.274. The van der Waals surface area contributed by atoms with E-state index >= 15 is 0 Å². The van der Waals surface area contributed by atoms with Crippen LogP contribution in [0.2, 0.25) is 0 Å². The molecule has 20 heavy (non-hydrogen) atoms. The van der Waals surface area contributed by atoms with Gasteiger partial charge in [0.2, 0.25) is 5.91 Å². The molecule has 1 amide bonds. The highest BCUT2D eigenvalue weighted by molar-refractivity contribution is 5.78. The van der Waals surface area contributed by atoms with Crippen molar-refractivity contribution in [3.8, 4) is 5.75 Å². The van der Waals surface area contributed by atoms with Gasteiger partial charge in [-0.15, -0.1) is 0 Å². The van der Waals surface area contributed by atoms with Gasteiger partial charge in [0, 0.05) is 19.0 Å². The number of ether oxygens (including phenoxy) is 1. The molecule has 0 aliphatic carbocycles. The molecule has 1 aliphatic rings. The largest absolute Gasteiger partial charge is 0.494 e. The van der Waals surface area contributed by atoms with Crippen molar-refractivity contribution in [2.45, 2.75) is 39.3 Å². The summed E-state index contributed by atoms with van der Waals surface area (Å²) in [6.45, 7) is 6.33. The zero-order valence-electron chi connectivity index (χ0n) is 12.6. The molecule has 0 N–H and O–H groups in total. The summed E-state index contributed by atoms with van der Waals surface area (Å²) in [5.41, 5.74) is 1.23. The molecule has 1 heterocycles. The van der Waals surface area contributed by atoms with E-state index in [1.807, 2.05) is 24.0 Å². The molecule has 0 saturated carbocycles. The number of nitrogens with zero attached hydrogens (tertiary/aromatic N) is 2. The molecule has 1 aromatic rings. The Morgan fingerprint density at radius 3 is 2.60 bits per heavy atom. The van der Waals surface area contributed by atoms with Crippen molar-refractivity contribution >= 4 is 5.91 Å². The fraction of sp³-hybridized carbons (Fsp3) is 0.562. The number of hydrogen-bond acceptors (Lipinski definition) is 3. The summed E-state index contributed by atoms with van der Waals surface area (Å²) in [5.74, 6) is 1.18. The summed E-state index contributed by atoms with van der Waals surface area (Å²) >= 11 is 0. The minimum atomic E-state index is 0.274. The molecule has 1 aromatic carbocycles. The van der Waals surface area contributed by atoms with E-state index in [4.69, 9.17) is 4.74 Å². The van der Waals surface area contributed by atoms with Gasteiger partial charge in [-0.05, 0) is 45.0 Å². The fourth-order valence-electron chi connectivity index (χ4n) is 2.58. The van der Waals surface area contributed by atoms with E-state index in [0.717, 1.165) is 18.7 Å². The smallest absolute Gasteiger partial charge is 0.223 e. The number of carbonyl (C=O) groups is 1. The molecule has 0 aromatic heterocycles. The highest BCUT2D eigenvalue weighted by atomic mass is 16.5. The number of hydrogen-bond donors (Lipinski definition) is 0. The number of carbonyl (C=O) groups excluding carboxylic acids is 1. The summed E-state index contributed by atoms with van der Waals surface area (Å²) in [4.78, 5) is 15.9. The molecule has 110 valence electrons. The molecule has 1 aliphatic heterocycles. The van der Waals surface area contributed by atoms with E-state index < -0.39 is 0 Å². The Kier molecular flexibility index (Phi) is 5.01. The van der Waals surface area contributed by atoms with Crippen LogP contribution in [0.15, 0.2) is 24.3 Å². The number of amides is 1. The van der Waals surface area contributed by atoms with Gasteiger partial charge in [-0.1, -0.05) is 12.1 Å². The first kappa shape index (κ1) is 14.9. The van der Waals surface area contributed by atoms with Gasteiger partial charge in [0.05, 0.1) is 13.3 Å². The van der Waals surface area contributed by atoms with Gasteiger partial charge in [-0.3, -0.25) is 9.69 Å². The molecule has 1 saturated heterocycles. The van der Waals surface area contributed by atoms with Crippen molar-refractivity contribution in [3.05, 3.63) is 29.8 Å². The van der Waals surface area contributed by atoms with Crippen LogP contribution < -0.4 is 4.74 Å². The second-order valence-corrected chi connectivity index (χ2v) is 5.48. The fourth-order valence-corrected chi connectivity index (χ4v) is 2.58. The maximum atomic E-state index is 11.8. The lowest BCUT2D eigenvalue weighted by Gasteiger charge is -2.27. The lowest BCUT2D eigenvalue weighted by molar-refractivity contribution is -0.130. The third-order valence-electron chi connectivity index (χ3n) is 3.71. The molecule has 0 unspecified atom stereocenters. The standard InChI is InChI=1S/C16H24N2O2/c1-4-20-15-8-6-14(7-9-15)11-17(3)12-18-13(2)5-10-16(18)19/h6-9,13H,4-5,10-12H2,1-3H3/t13-/m0/s1. The van der Waals surface area contributed by atoms with Crippen LogP contribution in [0.5, 0.6) is 5.75 Å². The Bertz CT molecular complexity index is 444. The van der Waals surface area contributed by atoms with Crippen LogP contribution in [0.1, 0.15) is 32.3 Å². The second kappa shape index (κ2) is 6.75. The Morgan fingerprint density at radius 2 is 2.05 bits per heavy atom. The van der Waals surface area contributed by atoms with Crippen LogP contribution in [0, 0.1) is 0 Å². The molecule has 0 spiro atoms. The van der Waals surface area contributed by atoms with E-state index in [-0.39, 0.29) is 5.91 Å². The van der Waals surface area contributed by atoms with Crippen LogP contribution in [-0.2, 0) is 11.3 Å². The lowest BCUT2D eigenvalue weighted by Crippen LogP contribution is -2.39. The molecule has 0 bridgehead atoms. The third kappa shape index (κ3) is 3.73. The highest BCUT2D eigenvalue weighted by Crippen LogP contribution is 2.19. The van der Waals surface area contributed by atoms with Crippen LogP contribution >= 0.6 is 0 Å². The van der Waals surface area contributed by atoms with Crippen molar-refractivity contribution in [2.75, 3.05) is 20.3 Å². The normalized spacial score (nSPS) is 18.9. The van der Waals surface area contributed by atoms with Crippen LogP contribution in [0.3, 0.4) is 0 Å². The van der Waals surface area contributed by atoms with Gasteiger partial charge in [0.1, 0.15) is 5.75 Å². The molecular formula is C16H24N2O2. The average molecular weight is 276 g/mol. The number of benzene rings is 1. The van der Waals surface area contributed by atoms with Gasteiger partial charge < -0.3 is 9.64 Å². The first-order valence-electron chi connectivity index (χ1n) is 7.30. The molecule has 1 atom stereocenters. The summed E-state index contributed by atoms with van der Waals surface area (Å²) in [6.07, 6.45) is 1.67. The van der Waals surface area contributed by atoms with E-state index in [1.54, 1.807) is 0 Å². The molecule has 4 heteroatoms. The van der Waals surface area contributed by atoms with Gasteiger partial charge in [-0.2, -0.15) is 0 Å².